The number of carbonyl (C=O) groups is 1. The highest BCUT2D eigenvalue weighted by Gasteiger charge is 2.51. The van der Waals surface area contributed by atoms with Gasteiger partial charge in [-0.3, -0.25) is 10.1 Å². The first-order valence-electron chi connectivity index (χ1n) is 11.8. The molecule has 0 spiro atoms. The lowest BCUT2D eigenvalue weighted by Gasteiger charge is -2.56. The van der Waals surface area contributed by atoms with Gasteiger partial charge in [-0.2, -0.15) is 0 Å². The predicted octanol–water partition coefficient (Wildman–Crippen LogP) is 0.604. The molecule has 4 N–H and O–H groups in total. The maximum atomic E-state index is 10.3. The third-order valence-corrected chi connectivity index (χ3v) is 6.60. The number of nitrogens with one attached hydrogen (secondary N) is 2. The summed E-state index contributed by atoms with van der Waals surface area (Å²) in [6.45, 7) is 4.28. The van der Waals surface area contributed by atoms with Crippen molar-refractivity contribution in [2.75, 3.05) is 65.9 Å². The first-order chi connectivity index (χ1) is 15.0. The Morgan fingerprint density at radius 2 is 1.39 bits per heavy atom. The zero-order valence-electron chi connectivity index (χ0n) is 18.6. The van der Waals surface area contributed by atoms with Gasteiger partial charge in [0.15, 0.2) is 0 Å². The molecule has 0 aromatic carbocycles. The normalized spacial score (nSPS) is 30.0. The molecule has 4 fully saturated rings. The minimum absolute atomic E-state index is 0.159. The van der Waals surface area contributed by atoms with Crippen LogP contribution in [0.1, 0.15) is 38.5 Å². The molecule has 31 heavy (non-hydrogen) atoms. The molecule has 4 rings (SSSR count). The van der Waals surface area contributed by atoms with Gasteiger partial charge in [-0.15, -0.1) is 0 Å². The summed E-state index contributed by atoms with van der Waals surface area (Å²) in [4.78, 5) is 10.3. The average Bonchev–Trinajstić information content (AvgIpc) is 2.70. The zero-order chi connectivity index (χ0) is 21.9. The number of aliphatic hydroxyl groups is 1. The standard InChI is InChI=1S/C22H40N2O7/c25-20(15-23-16-21(26)27)24-1-2-28-3-4-29-5-6-30-7-8-31-22-12-17-9-18(13-22)11-19(10-17)14-22/h17-20,23-25H,1-16H2,(H,26,27). The van der Waals surface area contributed by atoms with Crippen molar-refractivity contribution in [3.05, 3.63) is 0 Å². The van der Waals surface area contributed by atoms with Crippen molar-refractivity contribution in [1.82, 2.24) is 10.6 Å². The fourth-order valence-electron chi connectivity index (χ4n) is 5.75. The molecule has 0 aromatic heterocycles. The van der Waals surface area contributed by atoms with Crippen LogP contribution in [0.5, 0.6) is 0 Å². The molecule has 180 valence electrons. The molecule has 0 saturated heterocycles. The second-order valence-corrected chi connectivity index (χ2v) is 9.28. The van der Waals surface area contributed by atoms with E-state index in [1.165, 1.54) is 38.5 Å². The van der Waals surface area contributed by atoms with Crippen molar-refractivity contribution in [3.63, 3.8) is 0 Å². The molecule has 4 bridgehead atoms. The highest BCUT2D eigenvalue weighted by atomic mass is 16.6. The molecule has 1 atom stereocenters. The van der Waals surface area contributed by atoms with Crippen LogP contribution >= 0.6 is 0 Å². The van der Waals surface area contributed by atoms with Crippen LogP contribution in [-0.2, 0) is 23.7 Å². The molecule has 0 radical (unpaired) electrons. The van der Waals surface area contributed by atoms with Gasteiger partial charge < -0.3 is 34.5 Å². The summed E-state index contributed by atoms with van der Waals surface area (Å²) in [5, 5.41) is 23.5. The van der Waals surface area contributed by atoms with E-state index < -0.39 is 12.2 Å². The maximum Gasteiger partial charge on any atom is 0.317 e. The van der Waals surface area contributed by atoms with Gasteiger partial charge in [-0.05, 0) is 56.3 Å². The third-order valence-electron chi connectivity index (χ3n) is 6.60. The van der Waals surface area contributed by atoms with E-state index in [0.29, 0.717) is 52.8 Å². The van der Waals surface area contributed by atoms with E-state index in [1.54, 1.807) is 0 Å². The van der Waals surface area contributed by atoms with Crippen LogP contribution in [0, 0.1) is 17.8 Å². The summed E-state index contributed by atoms with van der Waals surface area (Å²) >= 11 is 0. The molecular formula is C22H40N2O7. The fraction of sp³-hybridized carbons (Fsp3) is 0.955. The zero-order valence-corrected chi connectivity index (χ0v) is 18.6. The van der Waals surface area contributed by atoms with Crippen LogP contribution in [0.15, 0.2) is 0 Å². The van der Waals surface area contributed by atoms with Gasteiger partial charge in [0.05, 0.1) is 58.4 Å². The maximum absolute atomic E-state index is 10.3. The summed E-state index contributed by atoms with van der Waals surface area (Å²) < 4.78 is 22.9. The van der Waals surface area contributed by atoms with E-state index in [4.69, 9.17) is 24.1 Å². The summed E-state index contributed by atoms with van der Waals surface area (Å²) in [5.74, 6) is 1.77. The van der Waals surface area contributed by atoms with Crippen LogP contribution < -0.4 is 10.6 Å². The van der Waals surface area contributed by atoms with Crippen molar-refractivity contribution in [2.45, 2.75) is 50.4 Å². The molecule has 0 amide bonds. The van der Waals surface area contributed by atoms with Gasteiger partial charge in [-0.1, -0.05) is 0 Å². The number of aliphatic hydroxyl groups excluding tert-OH is 1. The number of aliphatic carboxylic acids is 1. The van der Waals surface area contributed by atoms with E-state index >= 15 is 0 Å². The number of carboxylic acids is 1. The Labute approximate surface area is 185 Å². The second kappa shape index (κ2) is 13.0. The van der Waals surface area contributed by atoms with E-state index in [2.05, 4.69) is 10.6 Å². The fourth-order valence-corrected chi connectivity index (χ4v) is 5.75. The summed E-state index contributed by atoms with van der Waals surface area (Å²) in [7, 11) is 0. The minimum Gasteiger partial charge on any atom is -0.480 e. The van der Waals surface area contributed by atoms with Crippen LogP contribution in [-0.4, -0.2) is 93.9 Å². The Bertz CT molecular complexity index is 499. The lowest BCUT2D eigenvalue weighted by molar-refractivity contribution is -0.169. The Morgan fingerprint density at radius 3 is 1.94 bits per heavy atom. The van der Waals surface area contributed by atoms with E-state index in [9.17, 15) is 9.90 Å². The van der Waals surface area contributed by atoms with E-state index in [-0.39, 0.29) is 18.7 Å². The number of hydrogen-bond acceptors (Lipinski definition) is 8. The van der Waals surface area contributed by atoms with Crippen molar-refractivity contribution in [2.24, 2.45) is 17.8 Å². The molecule has 4 aliphatic carbocycles. The topological polar surface area (TPSA) is 119 Å². The predicted molar refractivity (Wildman–Crippen MR) is 114 cm³/mol. The number of rotatable bonds is 18. The van der Waals surface area contributed by atoms with Crippen LogP contribution in [0.3, 0.4) is 0 Å². The Hall–Kier alpha value is -0.810. The Morgan fingerprint density at radius 1 is 0.871 bits per heavy atom. The number of ether oxygens (including phenoxy) is 4. The third kappa shape index (κ3) is 8.92. The molecule has 0 heterocycles. The highest BCUT2D eigenvalue weighted by Crippen LogP contribution is 2.57. The van der Waals surface area contributed by atoms with Crippen molar-refractivity contribution in [1.29, 1.82) is 0 Å². The second-order valence-electron chi connectivity index (χ2n) is 9.28. The monoisotopic (exact) mass is 444 g/mol. The summed E-state index contributed by atoms with van der Waals surface area (Å²) in [5.41, 5.74) is 0.159. The summed E-state index contributed by atoms with van der Waals surface area (Å²) in [6, 6.07) is 0. The van der Waals surface area contributed by atoms with Crippen molar-refractivity contribution >= 4 is 5.97 Å². The van der Waals surface area contributed by atoms with Gasteiger partial charge in [0.25, 0.3) is 0 Å². The first-order valence-corrected chi connectivity index (χ1v) is 11.8. The lowest BCUT2D eigenvalue weighted by atomic mass is 9.54. The highest BCUT2D eigenvalue weighted by molar-refractivity contribution is 5.68. The SMILES string of the molecule is O=C(O)CNCC(O)NCCOCCOCCOCCOC12CC3CC(CC(C3)C1)C2. The number of hydrogen-bond donors (Lipinski definition) is 4. The Balaban J connectivity index is 1.06. The molecule has 0 aliphatic heterocycles. The van der Waals surface area contributed by atoms with Gasteiger partial charge in [0.2, 0.25) is 0 Å². The molecule has 9 heteroatoms. The van der Waals surface area contributed by atoms with Crippen LogP contribution in [0.4, 0.5) is 0 Å². The first kappa shape index (κ1) is 24.8. The van der Waals surface area contributed by atoms with Gasteiger partial charge in [-0.25, -0.2) is 0 Å². The quantitative estimate of drug-likeness (QED) is 0.178. The lowest BCUT2D eigenvalue weighted by Crippen LogP contribution is -2.52. The number of carboxylic acid groups (broad SMARTS) is 1. The van der Waals surface area contributed by atoms with E-state index in [0.717, 1.165) is 17.8 Å². The van der Waals surface area contributed by atoms with Crippen LogP contribution in [0.2, 0.25) is 0 Å². The molecule has 9 nitrogen and oxygen atoms in total. The van der Waals surface area contributed by atoms with Gasteiger partial charge in [0.1, 0.15) is 6.23 Å². The van der Waals surface area contributed by atoms with Crippen LogP contribution in [0.25, 0.3) is 0 Å². The molecule has 4 saturated carbocycles. The summed E-state index contributed by atoms with van der Waals surface area (Å²) in [6.07, 6.45) is 7.29. The van der Waals surface area contributed by atoms with E-state index in [1.807, 2.05) is 0 Å². The average molecular weight is 445 g/mol. The van der Waals surface area contributed by atoms with Crippen molar-refractivity contribution < 1.29 is 34.0 Å². The molecular weight excluding hydrogens is 404 g/mol. The molecule has 4 aliphatic rings. The van der Waals surface area contributed by atoms with Gasteiger partial charge >= 0.3 is 5.97 Å². The Kier molecular flexibility index (Phi) is 10.4. The van der Waals surface area contributed by atoms with Gasteiger partial charge in [0, 0.05) is 13.1 Å². The largest absolute Gasteiger partial charge is 0.480 e. The smallest absolute Gasteiger partial charge is 0.317 e. The molecule has 0 aromatic rings. The van der Waals surface area contributed by atoms with Crippen molar-refractivity contribution in [3.8, 4) is 0 Å². The minimum atomic E-state index is -0.952. The molecule has 1 unspecified atom stereocenters.